The predicted octanol–water partition coefficient (Wildman–Crippen LogP) is 1.68. The lowest BCUT2D eigenvalue weighted by Crippen LogP contribution is -2.25. The number of nitrogens with two attached hydrogens (primary N) is 1. The van der Waals surface area contributed by atoms with Crippen LogP contribution < -0.4 is 11.1 Å². The Morgan fingerprint density at radius 3 is 2.75 bits per heavy atom. The fourth-order valence-corrected chi connectivity index (χ4v) is 1.57. The minimum Gasteiger partial charge on any atom is -0.389 e. The summed E-state index contributed by atoms with van der Waals surface area (Å²) >= 11 is 5.00. The molecule has 1 aromatic rings. The van der Waals surface area contributed by atoms with E-state index >= 15 is 0 Å². The van der Waals surface area contributed by atoms with Gasteiger partial charge in [-0.25, -0.2) is 0 Å². The lowest BCUT2D eigenvalue weighted by molar-refractivity contribution is 0.367. The van der Waals surface area contributed by atoms with E-state index in [0.29, 0.717) is 4.99 Å². The molecule has 4 heteroatoms. The van der Waals surface area contributed by atoms with Crippen molar-refractivity contribution in [1.82, 2.24) is 4.90 Å². The zero-order chi connectivity index (χ0) is 12.0. The van der Waals surface area contributed by atoms with Crippen molar-refractivity contribution in [3.63, 3.8) is 0 Å². The van der Waals surface area contributed by atoms with E-state index in [4.69, 9.17) is 18.0 Å². The summed E-state index contributed by atoms with van der Waals surface area (Å²) in [5.41, 5.74) is 7.58. The summed E-state index contributed by atoms with van der Waals surface area (Å²) in [7, 11) is 2.10. The van der Waals surface area contributed by atoms with Crippen molar-refractivity contribution in [2.45, 2.75) is 6.92 Å². The van der Waals surface area contributed by atoms with Crippen LogP contribution in [0.3, 0.4) is 0 Å². The van der Waals surface area contributed by atoms with Crippen molar-refractivity contribution in [2.24, 2.45) is 5.73 Å². The van der Waals surface area contributed by atoms with Crippen LogP contribution in [0.25, 0.3) is 0 Å². The van der Waals surface area contributed by atoms with E-state index in [-0.39, 0.29) is 0 Å². The van der Waals surface area contributed by atoms with E-state index in [1.165, 1.54) is 0 Å². The predicted molar refractivity (Wildman–Crippen MR) is 74.0 cm³/mol. The molecule has 0 atom stereocenters. The van der Waals surface area contributed by atoms with Crippen molar-refractivity contribution in [2.75, 3.05) is 32.0 Å². The first-order valence-corrected chi connectivity index (χ1v) is 5.87. The van der Waals surface area contributed by atoms with Gasteiger partial charge in [-0.15, -0.1) is 0 Å². The van der Waals surface area contributed by atoms with Crippen molar-refractivity contribution >= 4 is 22.9 Å². The maximum Gasteiger partial charge on any atom is 0.106 e. The van der Waals surface area contributed by atoms with Crippen LogP contribution in [-0.2, 0) is 0 Å². The van der Waals surface area contributed by atoms with Crippen LogP contribution in [0.1, 0.15) is 12.5 Å². The first-order chi connectivity index (χ1) is 7.65. The standard InChI is InChI=1S/C12H19N3S/c1-3-15(2)9-8-14-11-7-5-4-6-10(11)12(13)16/h4-7,14H,3,8-9H2,1-2H3,(H2,13,16). The molecule has 0 aliphatic carbocycles. The molecule has 0 aliphatic heterocycles. The molecule has 3 nitrogen and oxygen atoms in total. The monoisotopic (exact) mass is 237 g/mol. The van der Waals surface area contributed by atoms with Crippen LogP contribution in [0.2, 0.25) is 0 Å². The van der Waals surface area contributed by atoms with Crippen molar-refractivity contribution in [3.8, 4) is 0 Å². The maximum atomic E-state index is 5.65. The Labute approximate surface area is 103 Å². The summed E-state index contributed by atoms with van der Waals surface area (Å²) < 4.78 is 0. The second-order valence-corrected chi connectivity index (χ2v) is 4.17. The van der Waals surface area contributed by atoms with Crippen LogP contribution in [0.15, 0.2) is 24.3 Å². The minimum absolute atomic E-state index is 0.437. The van der Waals surface area contributed by atoms with Gasteiger partial charge in [-0.3, -0.25) is 0 Å². The minimum atomic E-state index is 0.437. The summed E-state index contributed by atoms with van der Waals surface area (Å²) in [6.07, 6.45) is 0. The van der Waals surface area contributed by atoms with Crippen LogP contribution >= 0.6 is 12.2 Å². The maximum absolute atomic E-state index is 5.65. The van der Waals surface area contributed by atoms with E-state index in [2.05, 4.69) is 24.2 Å². The van der Waals surface area contributed by atoms with Crippen molar-refractivity contribution < 1.29 is 0 Å². The molecule has 0 spiro atoms. The molecule has 0 radical (unpaired) electrons. The lowest BCUT2D eigenvalue weighted by Gasteiger charge is -2.16. The highest BCUT2D eigenvalue weighted by molar-refractivity contribution is 7.80. The van der Waals surface area contributed by atoms with Gasteiger partial charge in [0.15, 0.2) is 0 Å². The zero-order valence-corrected chi connectivity index (χ0v) is 10.7. The lowest BCUT2D eigenvalue weighted by atomic mass is 10.2. The molecule has 0 heterocycles. The summed E-state index contributed by atoms with van der Waals surface area (Å²) in [5.74, 6) is 0. The quantitative estimate of drug-likeness (QED) is 0.739. The molecule has 1 aromatic carbocycles. The van der Waals surface area contributed by atoms with Gasteiger partial charge in [0.05, 0.1) is 0 Å². The number of thiocarbonyl (C=S) groups is 1. The first-order valence-electron chi connectivity index (χ1n) is 5.46. The smallest absolute Gasteiger partial charge is 0.106 e. The van der Waals surface area contributed by atoms with Crippen LogP contribution in [0, 0.1) is 0 Å². The van der Waals surface area contributed by atoms with Gasteiger partial charge in [0.2, 0.25) is 0 Å². The molecule has 0 unspecified atom stereocenters. The van der Waals surface area contributed by atoms with Crippen LogP contribution in [0.4, 0.5) is 5.69 Å². The topological polar surface area (TPSA) is 41.3 Å². The summed E-state index contributed by atoms with van der Waals surface area (Å²) in [5, 5.41) is 3.35. The average Bonchev–Trinajstić information content (AvgIpc) is 2.29. The van der Waals surface area contributed by atoms with E-state index in [9.17, 15) is 0 Å². The molecule has 1 rings (SSSR count). The largest absolute Gasteiger partial charge is 0.389 e. The van der Waals surface area contributed by atoms with Gasteiger partial charge in [0, 0.05) is 24.3 Å². The number of anilines is 1. The number of para-hydroxylation sites is 1. The number of likely N-dealkylation sites (N-methyl/N-ethyl adjacent to an activating group) is 1. The third kappa shape index (κ3) is 3.79. The SMILES string of the molecule is CCN(C)CCNc1ccccc1C(N)=S. The van der Waals surface area contributed by atoms with Crippen molar-refractivity contribution in [1.29, 1.82) is 0 Å². The number of nitrogens with one attached hydrogen (secondary N) is 1. The third-order valence-electron chi connectivity index (χ3n) is 2.54. The summed E-state index contributed by atoms with van der Waals surface area (Å²) in [4.78, 5) is 2.68. The number of nitrogens with zero attached hydrogens (tertiary/aromatic N) is 1. The van der Waals surface area contributed by atoms with Gasteiger partial charge in [-0.2, -0.15) is 0 Å². The Morgan fingerprint density at radius 1 is 1.44 bits per heavy atom. The van der Waals surface area contributed by atoms with Gasteiger partial charge in [0.1, 0.15) is 4.99 Å². The van der Waals surface area contributed by atoms with Crippen LogP contribution in [0.5, 0.6) is 0 Å². The second kappa shape index (κ2) is 6.45. The molecule has 0 saturated carbocycles. The molecule has 0 amide bonds. The molecular formula is C12H19N3S. The molecule has 3 N–H and O–H groups in total. The van der Waals surface area contributed by atoms with E-state index in [1.807, 2.05) is 24.3 Å². The van der Waals surface area contributed by atoms with Gasteiger partial charge in [-0.1, -0.05) is 31.3 Å². The normalized spacial score (nSPS) is 10.4. The Bertz CT molecular complexity index is 352. The Morgan fingerprint density at radius 2 is 2.12 bits per heavy atom. The number of hydrogen-bond donors (Lipinski definition) is 2. The summed E-state index contributed by atoms with van der Waals surface area (Å²) in [6, 6.07) is 7.86. The molecule has 0 saturated heterocycles. The Kier molecular flexibility index (Phi) is 5.22. The number of rotatable bonds is 6. The van der Waals surface area contributed by atoms with Gasteiger partial charge in [-0.05, 0) is 25.7 Å². The molecular weight excluding hydrogens is 218 g/mol. The molecule has 0 aliphatic rings. The van der Waals surface area contributed by atoms with Gasteiger partial charge < -0.3 is 16.0 Å². The highest BCUT2D eigenvalue weighted by Gasteiger charge is 2.03. The molecule has 0 bridgehead atoms. The summed E-state index contributed by atoms with van der Waals surface area (Å²) in [6.45, 7) is 5.09. The molecule has 88 valence electrons. The number of benzene rings is 1. The Balaban J connectivity index is 2.56. The fraction of sp³-hybridized carbons (Fsp3) is 0.417. The van der Waals surface area contributed by atoms with E-state index < -0.39 is 0 Å². The first kappa shape index (κ1) is 12.9. The van der Waals surface area contributed by atoms with Gasteiger partial charge >= 0.3 is 0 Å². The van der Waals surface area contributed by atoms with Crippen molar-refractivity contribution in [3.05, 3.63) is 29.8 Å². The van der Waals surface area contributed by atoms with E-state index in [0.717, 1.165) is 30.9 Å². The highest BCUT2D eigenvalue weighted by Crippen LogP contribution is 2.14. The Hall–Kier alpha value is -1.13. The van der Waals surface area contributed by atoms with E-state index in [1.54, 1.807) is 0 Å². The van der Waals surface area contributed by atoms with Crippen LogP contribution in [-0.4, -0.2) is 36.6 Å². The number of hydrogen-bond acceptors (Lipinski definition) is 3. The molecule has 0 aromatic heterocycles. The van der Waals surface area contributed by atoms with Gasteiger partial charge in [0.25, 0.3) is 0 Å². The fourth-order valence-electron chi connectivity index (χ4n) is 1.39. The molecule has 16 heavy (non-hydrogen) atoms. The zero-order valence-electron chi connectivity index (χ0n) is 9.86. The third-order valence-corrected chi connectivity index (χ3v) is 2.76. The molecule has 0 fully saturated rings. The highest BCUT2D eigenvalue weighted by atomic mass is 32.1. The average molecular weight is 237 g/mol. The second-order valence-electron chi connectivity index (χ2n) is 3.73.